The van der Waals surface area contributed by atoms with Crippen molar-refractivity contribution in [2.45, 2.75) is 63.8 Å². The largest absolute Gasteiger partial charge is 0.298 e. The number of hydrogen-bond donors (Lipinski definition) is 0. The summed E-state index contributed by atoms with van der Waals surface area (Å²) in [5, 5.41) is 8.97. The Balaban J connectivity index is 1.84. The minimum absolute atomic E-state index is 0.548. The van der Waals surface area contributed by atoms with Gasteiger partial charge >= 0.3 is 0 Å². The van der Waals surface area contributed by atoms with Crippen molar-refractivity contribution in [1.29, 1.82) is 0 Å². The molecule has 3 rings (SSSR count). The molecule has 0 amide bonds. The molecule has 2 aliphatic carbocycles. The first kappa shape index (κ1) is 11.5. The van der Waals surface area contributed by atoms with Gasteiger partial charge in [-0.2, -0.15) is 0 Å². The highest BCUT2D eigenvalue weighted by molar-refractivity contribution is 6.28. The summed E-state index contributed by atoms with van der Waals surface area (Å²) in [4.78, 5) is 0. The zero-order valence-electron chi connectivity index (χ0n) is 10.4. The van der Waals surface area contributed by atoms with E-state index in [-0.39, 0.29) is 0 Å². The molecule has 2 saturated carbocycles. The smallest absolute Gasteiger partial charge is 0.225 e. The maximum absolute atomic E-state index is 6.23. The van der Waals surface area contributed by atoms with Crippen LogP contribution in [-0.4, -0.2) is 14.8 Å². The number of hydrogen-bond acceptors (Lipinski definition) is 2. The van der Waals surface area contributed by atoms with E-state index >= 15 is 0 Å². The first-order chi connectivity index (χ1) is 8.29. The van der Waals surface area contributed by atoms with E-state index in [0.29, 0.717) is 17.2 Å². The summed E-state index contributed by atoms with van der Waals surface area (Å²) < 4.78 is 2.24. The first-order valence-corrected chi connectivity index (χ1v) is 7.27. The Bertz CT molecular complexity index is 397. The summed E-state index contributed by atoms with van der Waals surface area (Å²) in [6, 6.07) is 0.548. The molecule has 94 valence electrons. The molecule has 1 heterocycles. The van der Waals surface area contributed by atoms with E-state index in [4.69, 9.17) is 11.6 Å². The Morgan fingerprint density at radius 2 is 2.06 bits per heavy atom. The van der Waals surface area contributed by atoms with Crippen molar-refractivity contribution in [1.82, 2.24) is 14.8 Å². The van der Waals surface area contributed by atoms with Crippen molar-refractivity contribution >= 4 is 11.6 Å². The lowest BCUT2D eigenvalue weighted by atomic mass is 9.84. The van der Waals surface area contributed by atoms with E-state index in [2.05, 4.69) is 21.7 Å². The van der Waals surface area contributed by atoms with Gasteiger partial charge in [-0.1, -0.05) is 26.2 Å². The van der Waals surface area contributed by atoms with E-state index in [1.165, 1.54) is 44.9 Å². The zero-order valence-corrected chi connectivity index (χ0v) is 11.2. The third kappa shape index (κ3) is 2.22. The average Bonchev–Trinajstić information content (AvgIpc) is 3.13. The predicted octanol–water partition coefficient (Wildman–Crippen LogP) is 3.95. The van der Waals surface area contributed by atoms with Crippen LogP contribution in [-0.2, 0) is 0 Å². The summed E-state index contributed by atoms with van der Waals surface area (Å²) in [6.07, 6.45) is 9.02. The Morgan fingerprint density at radius 3 is 2.76 bits per heavy atom. The van der Waals surface area contributed by atoms with Crippen LogP contribution in [0.5, 0.6) is 0 Å². The molecule has 0 bridgehead atoms. The van der Waals surface area contributed by atoms with Crippen molar-refractivity contribution in [2.75, 3.05) is 0 Å². The standard InChI is InChI=1S/C13H20ClN3/c1-2-9-4-3-5-11(8-9)17-12(10-6-7-10)15-16-13(17)14/h9-11H,2-8H2,1H3. The second-order valence-electron chi connectivity index (χ2n) is 5.57. The van der Waals surface area contributed by atoms with E-state index in [1.807, 2.05) is 0 Å². The summed E-state index contributed by atoms with van der Waals surface area (Å²) in [5.74, 6) is 2.65. The Kier molecular flexibility index (Phi) is 3.12. The highest BCUT2D eigenvalue weighted by atomic mass is 35.5. The third-order valence-corrected chi connectivity index (χ3v) is 4.58. The van der Waals surface area contributed by atoms with Gasteiger partial charge in [0.25, 0.3) is 0 Å². The van der Waals surface area contributed by atoms with Gasteiger partial charge in [-0.3, -0.25) is 4.57 Å². The molecule has 0 saturated heterocycles. The molecule has 2 aliphatic rings. The van der Waals surface area contributed by atoms with Crippen molar-refractivity contribution in [3.63, 3.8) is 0 Å². The van der Waals surface area contributed by atoms with Crippen molar-refractivity contribution < 1.29 is 0 Å². The predicted molar refractivity (Wildman–Crippen MR) is 68.3 cm³/mol. The molecule has 2 unspecified atom stereocenters. The summed E-state index contributed by atoms with van der Waals surface area (Å²) >= 11 is 6.23. The van der Waals surface area contributed by atoms with Crippen LogP contribution < -0.4 is 0 Å². The van der Waals surface area contributed by atoms with Crippen molar-refractivity contribution in [3.05, 3.63) is 11.1 Å². The van der Waals surface area contributed by atoms with E-state index in [1.54, 1.807) is 0 Å². The molecular formula is C13H20ClN3. The van der Waals surface area contributed by atoms with Gasteiger partial charge in [0.1, 0.15) is 5.82 Å². The highest BCUT2D eigenvalue weighted by Crippen LogP contribution is 2.43. The molecular weight excluding hydrogens is 234 g/mol. The molecule has 0 aromatic carbocycles. The lowest BCUT2D eigenvalue weighted by Crippen LogP contribution is -2.20. The van der Waals surface area contributed by atoms with Crippen LogP contribution in [0, 0.1) is 5.92 Å². The number of rotatable bonds is 3. The van der Waals surface area contributed by atoms with Gasteiger partial charge in [-0.15, -0.1) is 10.2 Å². The summed E-state index contributed by atoms with van der Waals surface area (Å²) in [5.41, 5.74) is 0. The summed E-state index contributed by atoms with van der Waals surface area (Å²) in [7, 11) is 0. The Hall–Kier alpha value is -0.570. The molecule has 0 N–H and O–H groups in total. The van der Waals surface area contributed by atoms with Crippen LogP contribution in [0.3, 0.4) is 0 Å². The minimum atomic E-state index is 0.548. The van der Waals surface area contributed by atoms with Crippen LogP contribution in [0.4, 0.5) is 0 Å². The number of aromatic nitrogens is 3. The maximum Gasteiger partial charge on any atom is 0.225 e. The van der Waals surface area contributed by atoms with E-state index in [0.717, 1.165) is 11.7 Å². The molecule has 0 spiro atoms. The second-order valence-corrected chi connectivity index (χ2v) is 5.90. The van der Waals surface area contributed by atoms with Crippen molar-refractivity contribution in [2.24, 2.45) is 5.92 Å². The van der Waals surface area contributed by atoms with Crippen LogP contribution in [0.15, 0.2) is 0 Å². The fourth-order valence-corrected chi connectivity index (χ4v) is 3.37. The van der Waals surface area contributed by atoms with Crippen LogP contribution >= 0.6 is 11.6 Å². The molecule has 3 nitrogen and oxygen atoms in total. The molecule has 2 fully saturated rings. The van der Waals surface area contributed by atoms with Gasteiger partial charge < -0.3 is 0 Å². The van der Waals surface area contributed by atoms with Gasteiger partial charge in [0.15, 0.2) is 0 Å². The van der Waals surface area contributed by atoms with Crippen LogP contribution in [0.2, 0.25) is 5.28 Å². The van der Waals surface area contributed by atoms with Gasteiger partial charge in [-0.05, 0) is 43.2 Å². The lowest BCUT2D eigenvalue weighted by molar-refractivity contribution is 0.257. The fourth-order valence-electron chi connectivity index (χ4n) is 3.11. The normalized spacial score (nSPS) is 29.5. The van der Waals surface area contributed by atoms with Gasteiger partial charge in [0, 0.05) is 12.0 Å². The number of nitrogens with zero attached hydrogens (tertiary/aromatic N) is 3. The van der Waals surface area contributed by atoms with Crippen LogP contribution in [0.25, 0.3) is 0 Å². The molecule has 0 radical (unpaired) electrons. The van der Waals surface area contributed by atoms with Gasteiger partial charge in [0.05, 0.1) is 0 Å². The average molecular weight is 254 g/mol. The number of halogens is 1. The summed E-state index contributed by atoms with van der Waals surface area (Å²) in [6.45, 7) is 2.29. The van der Waals surface area contributed by atoms with Gasteiger partial charge in [0.2, 0.25) is 5.28 Å². The lowest BCUT2D eigenvalue weighted by Gasteiger charge is -2.30. The quantitative estimate of drug-likeness (QED) is 0.817. The van der Waals surface area contributed by atoms with Gasteiger partial charge in [-0.25, -0.2) is 0 Å². The van der Waals surface area contributed by atoms with Crippen LogP contribution in [0.1, 0.15) is 69.7 Å². The third-order valence-electron chi connectivity index (χ3n) is 4.32. The second kappa shape index (κ2) is 4.60. The van der Waals surface area contributed by atoms with E-state index in [9.17, 15) is 0 Å². The fraction of sp³-hybridized carbons (Fsp3) is 0.846. The molecule has 2 atom stereocenters. The van der Waals surface area contributed by atoms with Crippen molar-refractivity contribution in [3.8, 4) is 0 Å². The molecule has 0 aliphatic heterocycles. The first-order valence-electron chi connectivity index (χ1n) is 6.90. The molecule has 1 aromatic rings. The molecule has 17 heavy (non-hydrogen) atoms. The highest BCUT2D eigenvalue weighted by Gasteiger charge is 2.33. The molecule has 4 heteroatoms. The minimum Gasteiger partial charge on any atom is -0.298 e. The molecule has 1 aromatic heterocycles. The Morgan fingerprint density at radius 1 is 1.24 bits per heavy atom. The Labute approximate surface area is 108 Å². The van der Waals surface area contributed by atoms with E-state index < -0.39 is 0 Å². The maximum atomic E-state index is 6.23. The topological polar surface area (TPSA) is 30.7 Å². The SMILES string of the molecule is CCC1CCCC(n2c(Cl)nnc2C2CC2)C1. The monoisotopic (exact) mass is 253 g/mol. The zero-order chi connectivity index (χ0) is 11.8.